The van der Waals surface area contributed by atoms with Crippen LogP contribution in [0.1, 0.15) is 75.2 Å². The molecule has 0 aliphatic heterocycles. The Labute approximate surface area is 238 Å². The van der Waals surface area contributed by atoms with Gasteiger partial charge in [0, 0.05) is 34.5 Å². The van der Waals surface area contributed by atoms with E-state index in [1.807, 2.05) is 0 Å². The summed E-state index contributed by atoms with van der Waals surface area (Å²) in [7, 11) is 0. The Balaban J connectivity index is 2.74. The van der Waals surface area contributed by atoms with Crippen LogP contribution in [-0.4, -0.2) is 74.7 Å². The minimum atomic E-state index is -0.922. The number of esters is 2. The number of carbonyl (C=O) groups excluding carboxylic acids is 6. The zero-order valence-electron chi connectivity index (χ0n) is 25.6. The molecule has 0 spiro atoms. The fourth-order valence-corrected chi connectivity index (χ4v) is 4.84. The van der Waals surface area contributed by atoms with Crippen molar-refractivity contribution in [3.63, 3.8) is 0 Å². The van der Waals surface area contributed by atoms with E-state index in [9.17, 15) is 28.8 Å². The number of ketones is 4. The summed E-state index contributed by atoms with van der Waals surface area (Å²) in [6.07, 6.45) is -0.174. The lowest BCUT2D eigenvalue weighted by Gasteiger charge is -2.32. The molecule has 0 heterocycles. The maximum absolute atomic E-state index is 13.6. The topological polar surface area (TPSA) is 139 Å². The first-order chi connectivity index (χ1) is 18.4. The lowest BCUT2D eigenvalue weighted by Crippen LogP contribution is -2.43. The van der Waals surface area contributed by atoms with Crippen molar-refractivity contribution in [3.05, 3.63) is 0 Å². The molecule has 1 aliphatic rings. The maximum atomic E-state index is 13.6. The smallest absolute Gasteiger partial charge is 0.313 e. The van der Waals surface area contributed by atoms with Crippen molar-refractivity contribution < 1.29 is 47.7 Å². The molecule has 1 aliphatic carbocycles. The van der Waals surface area contributed by atoms with Gasteiger partial charge in [0.2, 0.25) is 0 Å². The molecule has 0 radical (unpaired) electrons. The summed E-state index contributed by atoms with van der Waals surface area (Å²) in [4.78, 5) is 75.7. The third-order valence-electron chi connectivity index (χ3n) is 6.81. The lowest BCUT2D eigenvalue weighted by atomic mass is 9.68. The molecular formula is C30H48O10. The highest BCUT2D eigenvalue weighted by Gasteiger charge is 2.58. The number of hydrogen-bond donors (Lipinski definition) is 0. The van der Waals surface area contributed by atoms with Gasteiger partial charge in [0.25, 0.3) is 0 Å². The van der Waals surface area contributed by atoms with E-state index >= 15 is 0 Å². The third kappa shape index (κ3) is 10.8. The van der Waals surface area contributed by atoms with E-state index in [1.54, 1.807) is 55.4 Å². The predicted octanol–water partition coefficient (Wildman–Crippen LogP) is 3.41. The van der Waals surface area contributed by atoms with Crippen molar-refractivity contribution >= 4 is 35.1 Å². The molecule has 0 N–H and O–H groups in total. The molecule has 10 heteroatoms. The minimum absolute atomic E-state index is 0.0266. The Morgan fingerprint density at radius 1 is 0.675 bits per heavy atom. The Morgan fingerprint density at radius 3 is 1.60 bits per heavy atom. The fourth-order valence-electron chi connectivity index (χ4n) is 4.84. The molecule has 4 atom stereocenters. The second-order valence-electron chi connectivity index (χ2n) is 12.8. The van der Waals surface area contributed by atoms with Gasteiger partial charge in [-0.3, -0.25) is 28.8 Å². The molecule has 0 aromatic carbocycles. The second-order valence-corrected chi connectivity index (χ2v) is 12.8. The lowest BCUT2D eigenvalue weighted by molar-refractivity contribution is -0.155. The van der Waals surface area contributed by atoms with Gasteiger partial charge in [-0.15, -0.1) is 0 Å². The largest absolute Gasteiger partial charge is 0.463 e. The summed E-state index contributed by atoms with van der Waals surface area (Å²) in [5, 5.41) is 0. The monoisotopic (exact) mass is 568 g/mol. The molecule has 0 amide bonds. The third-order valence-corrected chi connectivity index (χ3v) is 6.81. The second kappa shape index (κ2) is 15.5. The minimum Gasteiger partial charge on any atom is -0.463 e. The van der Waals surface area contributed by atoms with Gasteiger partial charge in [0.05, 0.1) is 32.3 Å². The zero-order chi connectivity index (χ0) is 30.8. The molecule has 10 nitrogen and oxygen atoms in total. The van der Waals surface area contributed by atoms with Gasteiger partial charge in [-0.05, 0) is 13.3 Å². The van der Waals surface area contributed by atoms with E-state index in [2.05, 4.69) is 0 Å². The van der Waals surface area contributed by atoms with Crippen LogP contribution < -0.4 is 0 Å². The van der Waals surface area contributed by atoms with Crippen LogP contribution in [0.15, 0.2) is 0 Å². The molecule has 40 heavy (non-hydrogen) atoms. The molecule has 0 saturated heterocycles. The summed E-state index contributed by atoms with van der Waals surface area (Å²) in [5.74, 6) is -5.88. The molecule has 4 unspecified atom stereocenters. The molecule has 0 aromatic heterocycles. The van der Waals surface area contributed by atoms with Gasteiger partial charge in [-0.25, -0.2) is 0 Å². The number of hydrogen-bond acceptors (Lipinski definition) is 10. The van der Waals surface area contributed by atoms with E-state index < -0.39 is 52.4 Å². The first-order valence-electron chi connectivity index (χ1n) is 14.0. The van der Waals surface area contributed by atoms with Crippen LogP contribution in [0.2, 0.25) is 0 Å². The maximum Gasteiger partial charge on any atom is 0.313 e. The molecule has 1 saturated carbocycles. The SMILES string of the molecule is CC(=O)CC(=O)OCCOCCOCCOC(=O)C1CC(C(=O)C(C)(C)C)C(C(=O)C(C)(C)C)C1C(=O)C(C)C. The molecule has 1 rings (SSSR count). The zero-order valence-corrected chi connectivity index (χ0v) is 25.6. The van der Waals surface area contributed by atoms with E-state index in [4.69, 9.17) is 18.9 Å². The number of carbonyl (C=O) groups is 6. The quantitative estimate of drug-likeness (QED) is 0.155. The van der Waals surface area contributed by atoms with Crippen molar-refractivity contribution in [1.82, 2.24) is 0 Å². The summed E-state index contributed by atoms with van der Waals surface area (Å²) in [5.41, 5.74) is -1.53. The highest BCUT2D eigenvalue weighted by molar-refractivity contribution is 6.01. The standard InChI is InChI=1S/C30H48O10/c1-18(2)25(33)23-21(17-20(26(34)29(4,5)6)24(23)27(35)30(7,8)9)28(36)40-15-13-38-11-10-37-12-14-39-22(32)16-19(3)31/h18,20-21,23-24H,10-17H2,1-9H3. The summed E-state index contributed by atoms with van der Waals surface area (Å²) in [6, 6.07) is 0. The fraction of sp³-hybridized carbons (Fsp3) is 0.800. The summed E-state index contributed by atoms with van der Waals surface area (Å²) < 4.78 is 21.0. The Hall–Kier alpha value is -2.46. The van der Waals surface area contributed by atoms with Crippen molar-refractivity contribution in [1.29, 1.82) is 0 Å². The van der Waals surface area contributed by atoms with Gasteiger partial charge < -0.3 is 18.9 Å². The van der Waals surface area contributed by atoms with E-state index in [0.717, 1.165) is 0 Å². The van der Waals surface area contributed by atoms with Gasteiger partial charge in [-0.2, -0.15) is 0 Å². The van der Waals surface area contributed by atoms with Crippen LogP contribution >= 0.6 is 0 Å². The van der Waals surface area contributed by atoms with Crippen LogP contribution in [0.5, 0.6) is 0 Å². The van der Waals surface area contributed by atoms with Gasteiger partial charge in [-0.1, -0.05) is 55.4 Å². The predicted molar refractivity (Wildman–Crippen MR) is 146 cm³/mol. The van der Waals surface area contributed by atoms with Gasteiger partial charge >= 0.3 is 11.9 Å². The number of ether oxygens (including phenoxy) is 4. The van der Waals surface area contributed by atoms with E-state index in [1.165, 1.54) is 6.92 Å². The normalized spacial score (nSPS) is 21.2. The highest BCUT2D eigenvalue weighted by atomic mass is 16.6. The molecular weight excluding hydrogens is 520 g/mol. The van der Waals surface area contributed by atoms with Gasteiger partial charge in [0.1, 0.15) is 42.8 Å². The Kier molecular flexibility index (Phi) is 13.8. The molecule has 0 aromatic rings. The number of Topliss-reactive ketones (excluding diaryl/α,β-unsaturated/α-hetero) is 4. The summed E-state index contributed by atoms with van der Waals surface area (Å²) in [6.45, 7) is 16.0. The first-order valence-corrected chi connectivity index (χ1v) is 14.0. The first kappa shape index (κ1) is 35.6. The van der Waals surface area contributed by atoms with Crippen LogP contribution in [0.3, 0.4) is 0 Å². The molecule has 228 valence electrons. The van der Waals surface area contributed by atoms with Crippen LogP contribution in [0.25, 0.3) is 0 Å². The van der Waals surface area contributed by atoms with Crippen molar-refractivity contribution in [2.24, 2.45) is 40.4 Å². The van der Waals surface area contributed by atoms with Crippen molar-refractivity contribution in [2.75, 3.05) is 39.6 Å². The van der Waals surface area contributed by atoms with Crippen LogP contribution in [-0.2, 0) is 47.7 Å². The average Bonchev–Trinajstić information content (AvgIpc) is 3.21. The molecule has 0 bridgehead atoms. The van der Waals surface area contributed by atoms with E-state index in [0.29, 0.717) is 0 Å². The van der Waals surface area contributed by atoms with Gasteiger partial charge in [0.15, 0.2) is 0 Å². The Morgan fingerprint density at radius 2 is 1.15 bits per heavy atom. The summed E-state index contributed by atoms with van der Waals surface area (Å²) >= 11 is 0. The van der Waals surface area contributed by atoms with Crippen molar-refractivity contribution in [3.8, 4) is 0 Å². The molecule has 1 fully saturated rings. The average molecular weight is 569 g/mol. The van der Waals surface area contributed by atoms with E-state index in [-0.39, 0.29) is 75.6 Å². The Bertz CT molecular complexity index is 922. The van der Waals surface area contributed by atoms with Crippen LogP contribution in [0, 0.1) is 40.4 Å². The number of rotatable bonds is 16. The van der Waals surface area contributed by atoms with Crippen molar-refractivity contribution in [2.45, 2.75) is 75.2 Å². The highest BCUT2D eigenvalue weighted by Crippen LogP contribution is 2.49. The van der Waals surface area contributed by atoms with Crippen LogP contribution in [0.4, 0.5) is 0 Å².